The Kier molecular flexibility index (Phi) is 5.05. The zero-order valence-corrected chi connectivity index (χ0v) is 15.5. The molecule has 0 unspecified atom stereocenters. The van der Waals surface area contributed by atoms with E-state index in [1.165, 1.54) is 11.3 Å². The number of rotatable bonds is 4. The smallest absolute Gasteiger partial charge is 0.279 e. The van der Waals surface area contributed by atoms with E-state index in [0.717, 1.165) is 10.2 Å². The molecule has 0 aliphatic carbocycles. The fourth-order valence-corrected chi connectivity index (χ4v) is 3.73. The van der Waals surface area contributed by atoms with Crippen molar-refractivity contribution < 1.29 is 14.3 Å². The van der Waals surface area contributed by atoms with Crippen molar-refractivity contribution in [3.63, 3.8) is 0 Å². The zero-order chi connectivity index (χ0) is 18.7. The number of hydrogen-bond donors (Lipinski definition) is 0. The van der Waals surface area contributed by atoms with Crippen LogP contribution in [-0.4, -0.2) is 24.7 Å². The van der Waals surface area contributed by atoms with Crippen LogP contribution in [0.3, 0.4) is 0 Å². The van der Waals surface area contributed by atoms with Crippen molar-refractivity contribution in [3.05, 3.63) is 52.3 Å². The average molecular weight is 367 g/mol. The summed E-state index contributed by atoms with van der Waals surface area (Å²) in [7, 11) is 3.18. The lowest BCUT2D eigenvalue weighted by molar-refractivity contribution is 0.0998. The minimum Gasteiger partial charge on any atom is -0.493 e. The highest BCUT2D eigenvalue weighted by atomic mass is 32.1. The van der Waals surface area contributed by atoms with Crippen LogP contribution in [-0.2, 0) is 6.54 Å². The van der Waals surface area contributed by atoms with Gasteiger partial charge in [-0.2, -0.15) is 10.3 Å². The number of carbonyl (C=O) groups is 1. The lowest BCUT2D eigenvalue weighted by Crippen LogP contribution is -2.15. The van der Waals surface area contributed by atoms with E-state index < -0.39 is 0 Å². The largest absolute Gasteiger partial charge is 0.493 e. The number of hydrogen-bond acceptors (Lipinski definition) is 5. The van der Waals surface area contributed by atoms with Crippen LogP contribution in [0.4, 0.5) is 0 Å². The molecule has 0 spiro atoms. The number of benzene rings is 2. The summed E-state index contributed by atoms with van der Waals surface area (Å²) in [5.74, 6) is 0.918. The monoisotopic (exact) mass is 367 g/mol. The molecule has 0 aliphatic rings. The number of aromatic nitrogens is 1. The highest BCUT2D eigenvalue weighted by Gasteiger charge is 2.13. The first-order valence-electron chi connectivity index (χ1n) is 7.95. The van der Waals surface area contributed by atoms with E-state index in [9.17, 15) is 4.79 Å². The van der Waals surface area contributed by atoms with Crippen LogP contribution >= 0.6 is 11.3 Å². The first-order chi connectivity index (χ1) is 12.6. The second-order valence-corrected chi connectivity index (χ2v) is 6.42. The van der Waals surface area contributed by atoms with E-state index in [-0.39, 0.29) is 5.91 Å². The predicted octanol–water partition coefficient (Wildman–Crippen LogP) is 3.35. The van der Waals surface area contributed by atoms with Crippen molar-refractivity contribution in [1.29, 1.82) is 5.26 Å². The fourth-order valence-electron chi connectivity index (χ4n) is 2.63. The summed E-state index contributed by atoms with van der Waals surface area (Å²) in [6.07, 6.45) is 0. The van der Waals surface area contributed by atoms with Crippen molar-refractivity contribution in [3.8, 4) is 17.6 Å². The Hall–Kier alpha value is -3.11. The third kappa shape index (κ3) is 3.19. The van der Waals surface area contributed by atoms with Crippen molar-refractivity contribution in [2.75, 3.05) is 14.2 Å². The summed E-state index contributed by atoms with van der Waals surface area (Å²) in [6.45, 7) is 2.66. The molecule has 132 valence electrons. The molecule has 6 nitrogen and oxygen atoms in total. The van der Waals surface area contributed by atoms with Gasteiger partial charge in [0.15, 0.2) is 16.3 Å². The lowest BCUT2D eigenvalue weighted by atomic mass is 10.1. The topological polar surface area (TPSA) is 76.6 Å². The summed E-state index contributed by atoms with van der Waals surface area (Å²) in [5.41, 5.74) is 1.88. The van der Waals surface area contributed by atoms with Crippen LogP contribution in [0.2, 0.25) is 0 Å². The van der Waals surface area contributed by atoms with Crippen molar-refractivity contribution in [1.82, 2.24) is 4.57 Å². The maximum Gasteiger partial charge on any atom is 0.279 e. The van der Waals surface area contributed by atoms with Crippen LogP contribution in [0.15, 0.2) is 41.4 Å². The van der Waals surface area contributed by atoms with Gasteiger partial charge in [-0.3, -0.25) is 4.79 Å². The molecule has 1 amide bonds. The van der Waals surface area contributed by atoms with Crippen molar-refractivity contribution in [2.24, 2.45) is 4.99 Å². The number of methoxy groups -OCH3 is 2. The first-order valence-corrected chi connectivity index (χ1v) is 8.77. The molecule has 26 heavy (non-hydrogen) atoms. The van der Waals surface area contributed by atoms with Gasteiger partial charge in [-0.05, 0) is 31.2 Å². The van der Waals surface area contributed by atoms with Gasteiger partial charge < -0.3 is 14.0 Å². The van der Waals surface area contributed by atoms with Crippen molar-refractivity contribution >= 4 is 27.5 Å². The third-order valence-electron chi connectivity index (χ3n) is 3.96. The van der Waals surface area contributed by atoms with Crippen LogP contribution in [0.25, 0.3) is 10.2 Å². The van der Waals surface area contributed by atoms with Gasteiger partial charge in [0, 0.05) is 24.2 Å². The molecule has 0 aliphatic heterocycles. The van der Waals surface area contributed by atoms with Gasteiger partial charge >= 0.3 is 0 Å². The van der Waals surface area contributed by atoms with E-state index in [1.54, 1.807) is 38.5 Å². The number of amides is 1. The normalized spacial score (nSPS) is 11.4. The Morgan fingerprint density at radius 2 is 1.85 bits per heavy atom. The van der Waals surface area contributed by atoms with Gasteiger partial charge in [0.25, 0.3) is 5.91 Å². The molecule has 2 aromatic carbocycles. The molecule has 0 N–H and O–H groups in total. The van der Waals surface area contributed by atoms with Crippen LogP contribution in [0.1, 0.15) is 22.8 Å². The Morgan fingerprint density at radius 1 is 1.19 bits per heavy atom. The second kappa shape index (κ2) is 7.42. The highest BCUT2D eigenvalue weighted by Crippen LogP contribution is 2.33. The fraction of sp³-hybridized carbons (Fsp3) is 0.211. The first kappa shape index (κ1) is 17.7. The van der Waals surface area contributed by atoms with Gasteiger partial charge in [0.05, 0.1) is 36.1 Å². The third-order valence-corrected chi connectivity index (χ3v) is 5.00. The number of fused-ring (bicyclic) bond motifs is 1. The summed E-state index contributed by atoms with van der Waals surface area (Å²) in [5, 5.41) is 8.86. The molecule has 3 aromatic rings. The zero-order valence-electron chi connectivity index (χ0n) is 14.6. The van der Waals surface area contributed by atoms with Crippen LogP contribution in [0.5, 0.6) is 11.5 Å². The number of thiazole rings is 1. The molecule has 0 radical (unpaired) electrons. The number of ether oxygens (including phenoxy) is 2. The Bertz CT molecular complexity index is 1070. The molecule has 3 rings (SSSR count). The van der Waals surface area contributed by atoms with E-state index >= 15 is 0 Å². The number of nitrogens with zero attached hydrogens (tertiary/aromatic N) is 3. The predicted molar refractivity (Wildman–Crippen MR) is 99.6 cm³/mol. The average Bonchev–Trinajstić information content (AvgIpc) is 3.02. The van der Waals surface area contributed by atoms with Gasteiger partial charge in [-0.1, -0.05) is 11.3 Å². The molecule has 0 bridgehead atoms. The number of nitriles is 1. The van der Waals surface area contributed by atoms with Crippen molar-refractivity contribution in [2.45, 2.75) is 13.5 Å². The lowest BCUT2D eigenvalue weighted by Gasteiger charge is -2.08. The van der Waals surface area contributed by atoms with Gasteiger partial charge in [-0.25, -0.2) is 0 Å². The maximum absolute atomic E-state index is 12.5. The van der Waals surface area contributed by atoms with Gasteiger partial charge in [0.2, 0.25) is 0 Å². The molecular weight excluding hydrogens is 350 g/mol. The van der Waals surface area contributed by atoms with E-state index in [1.807, 2.05) is 29.7 Å². The van der Waals surface area contributed by atoms with Gasteiger partial charge in [0.1, 0.15) is 0 Å². The minimum absolute atomic E-state index is 0.345. The Morgan fingerprint density at radius 3 is 2.42 bits per heavy atom. The molecule has 1 aromatic heterocycles. The van der Waals surface area contributed by atoms with E-state index in [2.05, 4.69) is 4.99 Å². The SMILES string of the molecule is CCn1c(=NC(=O)c2ccc(C#N)cc2)sc2cc(OC)c(OC)cc21. The number of carbonyl (C=O) groups excluding carboxylic acids is 1. The second-order valence-electron chi connectivity index (χ2n) is 5.41. The number of aryl methyl sites for hydroxylation is 1. The van der Waals surface area contributed by atoms with Gasteiger partial charge in [-0.15, -0.1) is 0 Å². The Balaban J connectivity index is 2.12. The molecular formula is C19H17N3O3S. The quantitative estimate of drug-likeness (QED) is 0.708. The summed E-state index contributed by atoms with van der Waals surface area (Å²) >= 11 is 1.42. The molecule has 0 saturated carbocycles. The maximum atomic E-state index is 12.5. The molecule has 0 atom stereocenters. The minimum atomic E-state index is -0.345. The summed E-state index contributed by atoms with van der Waals surface area (Å²) < 4.78 is 13.6. The van der Waals surface area contributed by atoms with E-state index in [0.29, 0.717) is 34.0 Å². The highest BCUT2D eigenvalue weighted by molar-refractivity contribution is 7.16. The van der Waals surface area contributed by atoms with Crippen LogP contribution < -0.4 is 14.3 Å². The molecule has 0 saturated heterocycles. The molecule has 1 heterocycles. The summed E-state index contributed by atoms with van der Waals surface area (Å²) in [6, 6.07) is 12.2. The Labute approximate surface area is 154 Å². The molecule has 0 fully saturated rings. The summed E-state index contributed by atoms with van der Waals surface area (Å²) in [4.78, 5) is 17.4. The standard InChI is InChI=1S/C19H17N3O3S/c1-4-22-14-9-15(24-2)16(25-3)10-17(14)26-19(22)21-18(23)13-7-5-12(11-20)6-8-13/h5-10H,4H2,1-3H3. The molecule has 7 heteroatoms. The van der Waals surface area contributed by atoms with E-state index in [4.69, 9.17) is 14.7 Å². The van der Waals surface area contributed by atoms with Crippen LogP contribution in [0, 0.1) is 11.3 Å².